The molecule has 0 amide bonds. The lowest BCUT2D eigenvalue weighted by Crippen LogP contribution is -2.34. The number of likely N-dealkylation sites (tertiary alicyclic amines) is 1. The molecule has 1 aliphatic heterocycles. The molecular formula is C11H18N4O. The van der Waals surface area contributed by atoms with Gasteiger partial charge in [0.15, 0.2) is 5.78 Å². The minimum absolute atomic E-state index is 0.121. The molecule has 2 N–H and O–H groups in total. The number of aromatic amines is 1. The number of ketones is 1. The van der Waals surface area contributed by atoms with E-state index in [0.29, 0.717) is 18.1 Å². The summed E-state index contributed by atoms with van der Waals surface area (Å²) >= 11 is 0. The number of Topliss-reactive ketones (excluding diaryl/α,β-unsaturated/α-hetero) is 1. The van der Waals surface area contributed by atoms with Crippen molar-refractivity contribution in [2.24, 2.45) is 0 Å². The normalized spacial score (nSPS) is 17.3. The number of nitrogens with zero attached hydrogens (tertiary/aromatic N) is 2. The molecule has 0 aromatic carbocycles. The van der Waals surface area contributed by atoms with Gasteiger partial charge in [-0.1, -0.05) is 6.42 Å². The van der Waals surface area contributed by atoms with E-state index >= 15 is 0 Å². The molecule has 0 aliphatic carbocycles. The number of aromatic nitrogens is 2. The van der Waals surface area contributed by atoms with Crippen molar-refractivity contribution >= 4 is 11.6 Å². The molecule has 1 aliphatic rings. The van der Waals surface area contributed by atoms with Crippen molar-refractivity contribution in [3.8, 4) is 0 Å². The molecular weight excluding hydrogens is 204 g/mol. The zero-order chi connectivity index (χ0) is 11.4. The van der Waals surface area contributed by atoms with E-state index in [4.69, 9.17) is 0 Å². The van der Waals surface area contributed by atoms with E-state index in [-0.39, 0.29) is 5.78 Å². The molecule has 5 nitrogen and oxygen atoms in total. The molecule has 0 bridgehead atoms. The lowest BCUT2D eigenvalue weighted by molar-refractivity contribution is 0.0910. The van der Waals surface area contributed by atoms with Crippen LogP contribution in [0, 0.1) is 0 Å². The summed E-state index contributed by atoms with van der Waals surface area (Å²) < 4.78 is 0. The number of rotatable bonds is 4. The van der Waals surface area contributed by atoms with Gasteiger partial charge in [-0.2, -0.15) is 5.10 Å². The predicted molar refractivity (Wildman–Crippen MR) is 62.8 cm³/mol. The van der Waals surface area contributed by atoms with Crippen LogP contribution in [0.25, 0.3) is 0 Å². The average molecular weight is 222 g/mol. The molecule has 0 unspecified atom stereocenters. The Bertz CT molecular complexity index is 355. The predicted octanol–water partition coefficient (Wildman–Crippen LogP) is 1.12. The summed E-state index contributed by atoms with van der Waals surface area (Å²) in [5.74, 6) is 0.831. The standard InChI is InChI=1S/C11H18N4O/c1-12-11-7-9(13-14-11)10(16)8-15-5-3-2-4-6-15/h7H,2-6,8H2,1H3,(H2,12,13,14). The third kappa shape index (κ3) is 2.61. The summed E-state index contributed by atoms with van der Waals surface area (Å²) in [5, 5.41) is 9.63. The molecule has 1 saturated heterocycles. The van der Waals surface area contributed by atoms with Gasteiger partial charge < -0.3 is 5.32 Å². The average Bonchev–Trinajstić information content (AvgIpc) is 2.79. The summed E-state index contributed by atoms with van der Waals surface area (Å²) in [6, 6.07) is 1.76. The van der Waals surface area contributed by atoms with Crippen molar-refractivity contribution in [3.63, 3.8) is 0 Å². The molecule has 1 aromatic heterocycles. The van der Waals surface area contributed by atoms with Gasteiger partial charge in [0, 0.05) is 13.1 Å². The van der Waals surface area contributed by atoms with Crippen LogP contribution in [-0.2, 0) is 0 Å². The van der Waals surface area contributed by atoms with E-state index in [1.807, 2.05) is 0 Å². The van der Waals surface area contributed by atoms with Crippen molar-refractivity contribution in [2.45, 2.75) is 19.3 Å². The third-order valence-corrected chi connectivity index (χ3v) is 2.95. The Labute approximate surface area is 95.2 Å². The lowest BCUT2D eigenvalue weighted by atomic mass is 10.1. The number of H-pyrrole nitrogens is 1. The van der Waals surface area contributed by atoms with Gasteiger partial charge in [0.2, 0.25) is 0 Å². The number of carbonyl (C=O) groups excluding carboxylic acids is 1. The van der Waals surface area contributed by atoms with E-state index in [1.54, 1.807) is 13.1 Å². The second kappa shape index (κ2) is 5.12. The van der Waals surface area contributed by atoms with Gasteiger partial charge >= 0.3 is 0 Å². The van der Waals surface area contributed by atoms with Crippen LogP contribution in [0.4, 0.5) is 5.82 Å². The van der Waals surface area contributed by atoms with Crippen LogP contribution in [0.5, 0.6) is 0 Å². The quantitative estimate of drug-likeness (QED) is 0.749. The minimum Gasteiger partial charge on any atom is -0.372 e. The van der Waals surface area contributed by atoms with Gasteiger partial charge in [-0.25, -0.2) is 0 Å². The van der Waals surface area contributed by atoms with Crippen LogP contribution in [-0.4, -0.2) is 47.6 Å². The Hall–Kier alpha value is -1.36. The van der Waals surface area contributed by atoms with Gasteiger partial charge in [-0.15, -0.1) is 0 Å². The lowest BCUT2D eigenvalue weighted by Gasteiger charge is -2.25. The van der Waals surface area contributed by atoms with E-state index in [1.165, 1.54) is 19.3 Å². The maximum absolute atomic E-state index is 11.9. The van der Waals surface area contributed by atoms with Gasteiger partial charge in [0.05, 0.1) is 6.54 Å². The van der Waals surface area contributed by atoms with Crippen LogP contribution in [0.2, 0.25) is 0 Å². The van der Waals surface area contributed by atoms with Crippen LogP contribution >= 0.6 is 0 Å². The molecule has 0 atom stereocenters. The number of carbonyl (C=O) groups is 1. The molecule has 2 rings (SSSR count). The molecule has 5 heteroatoms. The second-order valence-electron chi connectivity index (χ2n) is 4.18. The first-order valence-corrected chi connectivity index (χ1v) is 5.78. The van der Waals surface area contributed by atoms with Crippen molar-refractivity contribution < 1.29 is 4.79 Å². The van der Waals surface area contributed by atoms with E-state index < -0.39 is 0 Å². The molecule has 16 heavy (non-hydrogen) atoms. The van der Waals surface area contributed by atoms with Crippen LogP contribution in [0.1, 0.15) is 29.8 Å². The van der Waals surface area contributed by atoms with Crippen LogP contribution in [0.15, 0.2) is 6.07 Å². The molecule has 2 heterocycles. The minimum atomic E-state index is 0.121. The fraction of sp³-hybridized carbons (Fsp3) is 0.636. The number of anilines is 1. The van der Waals surface area contributed by atoms with Crippen molar-refractivity contribution in [1.29, 1.82) is 0 Å². The van der Waals surface area contributed by atoms with Crippen LogP contribution < -0.4 is 5.32 Å². The van der Waals surface area contributed by atoms with Crippen LogP contribution in [0.3, 0.4) is 0 Å². The second-order valence-corrected chi connectivity index (χ2v) is 4.18. The Morgan fingerprint density at radius 2 is 2.25 bits per heavy atom. The summed E-state index contributed by atoms with van der Waals surface area (Å²) in [7, 11) is 1.79. The Balaban J connectivity index is 1.91. The van der Waals surface area contributed by atoms with Gasteiger partial charge in [-0.3, -0.25) is 14.8 Å². The highest BCUT2D eigenvalue weighted by Crippen LogP contribution is 2.10. The maximum Gasteiger partial charge on any atom is 0.194 e. The number of piperidine rings is 1. The van der Waals surface area contributed by atoms with Crippen molar-refractivity contribution in [2.75, 3.05) is 32.0 Å². The van der Waals surface area contributed by atoms with Crippen molar-refractivity contribution in [3.05, 3.63) is 11.8 Å². The molecule has 1 fully saturated rings. The molecule has 0 radical (unpaired) electrons. The van der Waals surface area contributed by atoms with E-state index in [0.717, 1.165) is 13.1 Å². The Morgan fingerprint density at radius 1 is 1.50 bits per heavy atom. The zero-order valence-electron chi connectivity index (χ0n) is 9.62. The first-order chi connectivity index (χ1) is 7.79. The number of nitrogens with one attached hydrogen (secondary N) is 2. The molecule has 1 aromatic rings. The first kappa shape index (κ1) is 11.1. The number of hydrogen-bond donors (Lipinski definition) is 2. The highest BCUT2D eigenvalue weighted by Gasteiger charge is 2.16. The first-order valence-electron chi connectivity index (χ1n) is 5.78. The summed E-state index contributed by atoms with van der Waals surface area (Å²) in [6.45, 7) is 2.59. The topological polar surface area (TPSA) is 61.0 Å². The Kier molecular flexibility index (Phi) is 3.56. The summed E-state index contributed by atoms with van der Waals surface area (Å²) in [6.07, 6.45) is 3.70. The molecule has 0 spiro atoms. The monoisotopic (exact) mass is 222 g/mol. The Morgan fingerprint density at radius 3 is 2.88 bits per heavy atom. The zero-order valence-corrected chi connectivity index (χ0v) is 9.62. The molecule has 88 valence electrons. The van der Waals surface area contributed by atoms with E-state index in [2.05, 4.69) is 20.4 Å². The van der Waals surface area contributed by atoms with Gasteiger partial charge in [-0.05, 0) is 25.9 Å². The third-order valence-electron chi connectivity index (χ3n) is 2.95. The maximum atomic E-state index is 11.9. The summed E-state index contributed by atoms with van der Waals surface area (Å²) in [4.78, 5) is 14.1. The fourth-order valence-corrected chi connectivity index (χ4v) is 2.00. The number of hydrogen-bond acceptors (Lipinski definition) is 4. The van der Waals surface area contributed by atoms with Gasteiger partial charge in [0.25, 0.3) is 0 Å². The SMILES string of the molecule is CNc1cc(C(=O)CN2CCCCC2)[nH]n1. The van der Waals surface area contributed by atoms with Gasteiger partial charge in [0.1, 0.15) is 11.5 Å². The molecule has 0 saturated carbocycles. The van der Waals surface area contributed by atoms with E-state index in [9.17, 15) is 4.79 Å². The fourth-order valence-electron chi connectivity index (χ4n) is 2.00. The highest BCUT2D eigenvalue weighted by molar-refractivity contribution is 5.96. The highest BCUT2D eigenvalue weighted by atomic mass is 16.1. The van der Waals surface area contributed by atoms with Crippen molar-refractivity contribution in [1.82, 2.24) is 15.1 Å². The smallest absolute Gasteiger partial charge is 0.194 e. The summed E-state index contributed by atoms with van der Waals surface area (Å²) in [5.41, 5.74) is 0.593. The largest absolute Gasteiger partial charge is 0.372 e.